The highest BCUT2D eigenvalue weighted by Gasteiger charge is 2.11. The number of benzene rings is 1. The molecule has 1 aromatic rings. The van der Waals surface area contributed by atoms with Crippen LogP contribution < -0.4 is 0 Å². The Morgan fingerprint density at radius 2 is 2.14 bits per heavy atom. The molecule has 0 aliphatic rings. The summed E-state index contributed by atoms with van der Waals surface area (Å²) in [6.07, 6.45) is -0.876. The number of carbonyl (C=O) groups excluding carboxylic acids is 1. The van der Waals surface area contributed by atoms with E-state index >= 15 is 0 Å². The zero-order valence-electron chi connectivity index (χ0n) is 7.62. The molecule has 0 saturated carbocycles. The molecule has 0 heterocycles. The van der Waals surface area contributed by atoms with Crippen LogP contribution in [-0.2, 0) is 9.53 Å². The maximum absolute atomic E-state index is 10.7. The highest BCUT2D eigenvalue weighted by Crippen LogP contribution is 2.18. The van der Waals surface area contributed by atoms with Crippen molar-refractivity contribution in [2.75, 3.05) is 0 Å². The van der Waals surface area contributed by atoms with Crippen molar-refractivity contribution in [1.29, 1.82) is 0 Å². The van der Waals surface area contributed by atoms with E-state index < -0.39 is 12.2 Å². The molecular weight excluding hydrogens is 182 g/mol. The van der Waals surface area contributed by atoms with Gasteiger partial charge < -0.3 is 4.74 Å². The van der Waals surface area contributed by atoms with E-state index in [-0.39, 0.29) is 0 Å². The summed E-state index contributed by atoms with van der Waals surface area (Å²) in [5, 5.41) is 3.37. The summed E-state index contributed by atoms with van der Waals surface area (Å²) in [7, 11) is 0. The number of esters is 1. The topological polar surface area (TPSA) is 75.1 Å². The zero-order chi connectivity index (χ0) is 10.4. The monoisotopic (exact) mass is 191 g/mol. The standard InChI is InChI=1S/C9H9N3O2/c1-7(13)14-9(11-12-10)8-5-3-2-4-6-8/h2-6,9H,1H3. The Kier molecular flexibility index (Phi) is 3.52. The van der Waals surface area contributed by atoms with Crippen LogP contribution in [0.5, 0.6) is 0 Å². The summed E-state index contributed by atoms with van der Waals surface area (Å²) in [5.74, 6) is -0.480. The second kappa shape index (κ2) is 4.89. The van der Waals surface area contributed by atoms with E-state index in [1.807, 2.05) is 6.07 Å². The van der Waals surface area contributed by atoms with Crippen LogP contribution in [0.2, 0.25) is 0 Å². The van der Waals surface area contributed by atoms with Crippen molar-refractivity contribution >= 4 is 5.97 Å². The Labute approximate surface area is 80.9 Å². The second-order valence-electron chi connectivity index (χ2n) is 2.58. The molecule has 0 saturated heterocycles. The molecule has 1 unspecified atom stereocenters. The summed E-state index contributed by atoms with van der Waals surface area (Å²) >= 11 is 0. The first-order chi connectivity index (χ1) is 6.74. The van der Waals surface area contributed by atoms with Crippen molar-refractivity contribution in [2.24, 2.45) is 5.11 Å². The van der Waals surface area contributed by atoms with E-state index in [0.717, 1.165) is 0 Å². The van der Waals surface area contributed by atoms with Crippen LogP contribution in [0.3, 0.4) is 0 Å². The molecule has 1 atom stereocenters. The van der Waals surface area contributed by atoms with Crippen LogP contribution in [0.25, 0.3) is 10.4 Å². The average molecular weight is 191 g/mol. The summed E-state index contributed by atoms with van der Waals surface area (Å²) < 4.78 is 4.82. The highest BCUT2D eigenvalue weighted by molar-refractivity contribution is 5.66. The fraction of sp³-hybridized carbons (Fsp3) is 0.222. The molecule has 72 valence electrons. The smallest absolute Gasteiger partial charge is 0.303 e. The van der Waals surface area contributed by atoms with Gasteiger partial charge in [0, 0.05) is 11.8 Å². The van der Waals surface area contributed by atoms with E-state index in [9.17, 15) is 4.79 Å². The SMILES string of the molecule is CC(=O)OC(N=[N+]=[N-])c1ccccc1. The normalized spacial score (nSPS) is 11.2. The lowest BCUT2D eigenvalue weighted by atomic mass is 10.2. The van der Waals surface area contributed by atoms with Crippen LogP contribution in [0.4, 0.5) is 0 Å². The molecule has 5 heteroatoms. The lowest BCUT2D eigenvalue weighted by Crippen LogP contribution is -2.05. The Morgan fingerprint density at radius 3 is 2.64 bits per heavy atom. The van der Waals surface area contributed by atoms with Gasteiger partial charge in [0.25, 0.3) is 0 Å². The zero-order valence-corrected chi connectivity index (χ0v) is 7.62. The summed E-state index contributed by atoms with van der Waals surface area (Å²) in [6, 6.07) is 8.83. The number of nitrogens with zero attached hydrogens (tertiary/aromatic N) is 3. The van der Waals surface area contributed by atoms with Gasteiger partial charge in [0.05, 0.1) is 0 Å². The van der Waals surface area contributed by atoms with E-state index in [1.165, 1.54) is 6.92 Å². The van der Waals surface area contributed by atoms with Gasteiger partial charge in [0.15, 0.2) is 0 Å². The highest BCUT2D eigenvalue weighted by atomic mass is 16.6. The van der Waals surface area contributed by atoms with Crippen LogP contribution >= 0.6 is 0 Å². The van der Waals surface area contributed by atoms with Crippen molar-refractivity contribution in [3.05, 3.63) is 46.3 Å². The Morgan fingerprint density at radius 1 is 1.50 bits per heavy atom. The first kappa shape index (κ1) is 10.1. The second-order valence-corrected chi connectivity index (χ2v) is 2.58. The molecule has 1 rings (SSSR count). The van der Waals surface area contributed by atoms with Crippen LogP contribution in [0.1, 0.15) is 18.7 Å². The van der Waals surface area contributed by atoms with Gasteiger partial charge in [-0.2, -0.15) is 0 Å². The molecule has 14 heavy (non-hydrogen) atoms. The number of rotatable bonds is 3. The number of hydrogen-bond donors (Lipinski definition) is 0. The van der Waals surface area contributed by atoms with Gasteiger partial charge in [0.1, 0.15) is 0 Å². The van der Waals surface area contributed by atoms with Crippen LogP contribution in [0, 0.1) is 0 Å². The molecule has 5 nitrogen and oxygen atoms in total. The van der Waals surface area contributed by atoms with Crippen molar-refractivity contribution in [2.45, 2.75) is 13.2 Å². The van der Waals surface area contributed by atoms with Crippen molar-refractivity contribution in [3.8, 4) is 0 Å². The predicted octanol–water partition coefficient (Wildman–Crippen LogP) is 2.56. The van der Waals surface area contributed by atoms with Gasteiger partial charge in [-0.25, -0.2) is 0 Å². The number of ether oxygens (including phenoxy) is 1. The quantitative estimate of drug-likeness (QED) is 0.318. The van der Waals surface area contributed by atoms with Gasteiger partial charge in [-0.1, -0.05) is 30.3 Å². The third-order valence-electron chi connectivity index (χ3n) is 1.52. The Hall–Kier alpha value is -2.00. The molecule has 0 bridgehead atoms. The average Bonchev–Trinajstić information content (AvgIpc) is 2.18. The summed E-state index contributed by atoms with van der Waals surface area (Å²) in [4.78, 5) is 13.3. The molecule has 0 aliphatic heterocycles. The first-order valence-corrected chi connectivity index (χ1v) is 4.00. The third kappa shape index (κ3) is 2.80. The number of azide groups is 1. The number of hydrogen-bond acceptors (Lipinski definition) is 3. The summed E-state index contributed by atoms with van der Waals surface area (Å²) in [5.41, 5.74) is 8.93. The lowest BCUT2D eigenvalue weighted by Gasteiger charge is -2.10. The maximum Gasteiger partial charge on any atom is 0.303 e. The van der Waals surface area contributed by atoms with Crippen molar-refractivity contribution < 1.29 is 9.53 Å². The Bertz CT molecular complexity index is 358. The molecule has 1 aromatic carbocycles. The maximum atomic E-state index is 10.7. The fourth-order valence-electron chi connectivity index (χ4n) is 0.980. The van der Waals surface area contributed by atoms with E-state index in [4.69, 9.17) is 10.3 Å². The minimum atomic E-state index is -0.876. The number of carbonyl (C=O) groups is 1. The molecule has 0 N–H and O–H groups in total. The summed E-state index contributed by atoms with van der Waals surface area (Å²) in [6.45, 7) is 1.27. The van der Waals surface area contributed by atoms with E-state index in [0.29, 0.717) is 5.56 Å². The third-order valence-corrected chi connectivity index (χ3v) is 1.52. The van der Waals surface area contributed by atoms with E-state index in [1.54, 1.807) is 24.3 Å². The Balaban J connectivity index is 2.88. The lowest BCUT2D eigenvalue weighted by molar-refractivity contribution is -0.146. The largest absolute Gasteiger partial charge is 0.451 e. The molecule has 0 aliphatic carbocycles. The van der Waals surface area contributed by atoms with Crippen molar-refractivity contribution in [1.82, 2.24) is 0 Å². The molecular formula is C9H9N3O2. The van der Waals surface area contributed by atoms with E-state index in [2.05, 4.69) is 10.0 Å². The van der Waals surface area contributed by atoms with Gasteiger partial charge in [-0.15, -0.1) is 0 Å². The van der Waals surface area contributed by atoms with Crippen molar-refractivity contribution in [3.63, 3.8) is 0 Å². The molecule has 0 spiro atoms. The van der Waals surface area contributed by atoms with Gasteiger partial charge in [-0.3, -0.25) is 4.79 Å². The predicted molar refractivity (Wildman–Crippen MR) is 50.1 cm³/mol. The van der Waals surface area contributed by atoms with Gasteiger partial charge in [-0.05, 0) is 16.2 Å². The molecule has 0 fully saturated rings. The molecule has 0 aromatic heterocycles. The van der Waals surface area contributed by atoms with Crippen LogP contribution in [0.15, 0.2) is 35.4 Å². The molecule has 0 amide bonds. The first-order valence-electron chi connectivity index (χ1n) is 4.00. The minimum Gasteiger partial charge on any atom is -0.451 e. The van der Waals surface area contributed by atoms with Gasteiger partial charge >= 0.3 is 5.97 Å². The van der Waals surface area contributed by atoms with Crippen LogP contribution in [-0.4, -0.2) is 5.97 Å². The minimum absolute atomic E-state index is 0.480. The fourth-order valence-corrected chi connectivity index (χ4v) is 0.980. The van der Waals surface area contributed by atoms with Gasteiger partial charge in [0.2, 0.25) is 6.23 Å². The molecule has 0 radical (unpaired) electrons.